The maximum atomic E-state index is 6.07. The van der Waals surface area contributed by atoms with Crippen LogP contribution in [0.2, 0.25) is 5.02 Å². The summed E-state index contributed by atoms with van der Waals surface area (Å²) in [7, 11) is 0. The highest BCUT2D eigenvalue weighted by Crippen LogP contribution is 2.54. The zero-order chi connectivity index (χ0) is 16.5. The normalized spacial score (nSPS) is 39.4. The maximum Gasteiger partial charge on any atom is 0.0406 e. The summed E-state index contributed by atoms with van der Waals surface area (Å²) in [6, 6.07) is 8.67. The van der Waals surface area contributed by atoms with Gasteiger partial charge in [0.15, 0.2) is 0 Å². The molecule has 0 heterocycles. The van der Waals surface area contributed by atoms with Crippen molar-refractivity contribution in [2.24, 2.45) is 29.6 Å². The topological polar surface area (TPSA) is 0 Å². The highest BCUT2D eigenvalue weighted by molar-refractivity contribution is 6.30. The van der Waals surface area contributed by atoms with Crippen molar-refractivity contribution in [1.29, 1.82) is 0 Å². The van der Waals surface area contributed by atoms with Gasteiger partial charge in [0.2, 0.25) is 0 Å². The summed E-state index contributed by atoms with van der Waals surface area (Å²) in [4.78, 5) is 0. The van der Waals surface area contributed by atoms with Crippen LogP contribution in [0.25, 0.3) is 0 Å². The van der Waals surface area contributed by atoms with E-state index in [4.69, 9.17) is 11.6 Å². The lowest BCUT2D eigenvalue weighted by Crippen LogP contribution is -2.41. The van der Waals surface area contributed by atoms with E-state index in [0.29, 0.717) is 0 Å². The molecule has 3 aliphatic rings. The Labute approximate surface area is 152 Å². The molecule has 6 atom stereocenters. The van der Waals surface area contributed by atoms with E-state index in [1.54, 1.807) is 0 Å². The van der Waals surface area contributed by atoms with Gasteiger partial charge in [-0.3, -0.25) is 0 Å². The molecule has 0 nitrogen and oxygen atoms in total. The fourth-order valence-electron chi connectivity index (χ4n) is 6.32. The molecule has 3 fully saturated rings. The number of allylic oxidation sites excluding steroid dienone is 2. The second-order valence-corrected chi connectivity index (χ2v) is 9.02. The molecule has 0 radical (unpaired) electrons. The predicted octanol–water partition coefficient (Wildman–Crippen LogP) is 7.24. The molecule has 6 unspecified atom stereocenters. The Kier molecular flexibility index (Phi) is 5.04. The predicted molar refractivity (Wildman–Crippen MR) is 103 cm³/mol. The summed E-state index contributed by atoms with van der Waals surface area (Å²) in [5.41, 5.74) is 1.52. The van der Waals surface area contributed by atoms with Gasteiger partial charge >= 0.3 is 0 Å². The molecule has 0 N–H and O–H groups in total. The monoisotopic (exact) mass is 342 g/mol. The summed E-state index contributed by atoms with van der Waals surface area (Å²) in [6.07, 6.45) is 16.4. The van der Waals surface area contributed by atoms with E-state index in [-0.39, 0.29) is 0 Å². The number of hydrogen-bond donors (Lipinski definition) is 0. The van der Waals surface area contributed by atoms with E-state index in [9.17, 15) is 0 Å². The maximum absolute atomic E-state index is 6.07. The Morgan fingerprint density at radius 2 is 1.50 bits per heavy atom. The van der Waals surface area contributed by atoms with Gasteiger partial charge in [0, 0.05) is 5.02 Å². The van der Waals surface area contributed by atoms with Crippen LogP contribution in [-0.4, -0.2) is 0 Å². The van der Waals surface area contributed by atoms with Crippen molar-refractivity contribution in [2.45, 2.75) is 64.2 Å². The van der Waals surface area contributed by atoms with Crippen molar-refractivity contribution in [1.82, 2.24) is 0 Å². The molecule has 3 aliphatic carbocycles. The Hall–Kier alpha value is -0.750. The van der Waals surface area contributed by atoms with Crippen molar-refractivity contribution in [3.8, 4) is 0 Å². The van der Waals surface area contributed by atoms with Crippen LogP contribution in [0.5, 0.6) is 0 Å². The smallest absolute Gasteiger partial charge is 0.0406 e. The average molecular weight is 343 g/mol. The molecule has 0 aromatic heterocycles. The Balaban J connectivity index is 1.42. The zero-order valence-corrected chi connectivity index (χ0v) is 15.7. The first-order valence-electron chi connectivity index (χ1n) is 10.1. The van der Waals surface area contributed by atoms with Crippen LogP contribution >= 0.6 is 11.6 Å². The second-order valence-electron chi connectivity index (χ2n) is 8.59. The van der Waals surface area contributed by atoms with E-state index < -0.39 is 0 Å². The Morgan fingerprint density at radius 3 is 2.21 bits per heavy atom. The number of benzene rings is 1. The van der Waals surface area contributed by atoms with Crippen LogP contribution in [0, 0.1) is 29.6 Å². The fourth-order valence-corrected chi connectivity index (χ4v) is 6.44. The molecule has 0 saturated heterocycles. The number of fused-ring (bicyclic) bond motifs is 3. The molecule has 1 aromatic carbocycles. The number of rotatable bonds is 2. The van der Waals surface area contributed by atoms with Crippen molar-refractivity contribution in [2.75, 3.05) is 0 Å². The minimum atomic E-state index is 0.777. The van der Waals surface area contributed by atoms with Crippen LogP contribution < -0.4 is 0 Å². The van der Waals surface area contributed by atoms with Crippen LogP contribution in [0.4, 0.5) is 0 Å². The highest BCUT2D eigenvalue weighted by atomic mass is 35.5. The molecular weight excluding hydrogens is 312 g/mol. The molecule has 1 heteroatoms. The molecule has 0 aliphatic heterocycles. The lowest BCUT2D eigenvalue weighted by molar-refractivity contribution is 0.0127. The highest BCUT2D eigenvalue weighted by Gasteiger charge is 2.44. The van der Waals surface area contributed by atoms with Crippen molar-refractivity contribution < 1.29 is 0 Å². The van der Waals surface area contributed by atoms with Crippen molar-refractivity contribution >= 4 is 11.6 Å². The van der Waals surface area contributed by atoms with Crippen LogP contribution in [0.3, 0.4) is 0 Å². The minimum absolute atomic E-state index is 0.777. The third kappa shape index (κ3) is 3.32. The zero-order valence-electron chi connectivity index (χ0n) is 15.0. The standard InChI is InChI=1S/C23H31Cl/c1-2-3-16-4-12-22-19(14-16)5-6-20-15-18(9-13-23(20)22)17-7-10-21(24)11-8-17/h2-3,7-8,10-11,16,18-20,22-23H,4-6,9,12-15H2,1H3. The molecule has 0 spiro atoms. The quantitative estimate of drug-likeness (QED) is 0.497. The van der Waals surface area contributed by atoms with E-state index in [0.717, 1.165) is 40.5 Å². The van der Waals surface area contributed by atoms with E-state index in [2.05, 4.69) is 43.3 Å². The third-order valence-electron chi connectivity index (χ3n) is 7.39. The largest absolute Gasteiger partial charge is 0.0914 e. The SMILES string of the molecule is CC=CC1CCC2C(CCC3CC(c4ccc(Cl)cc4)CCC32)C1. The third-order valence-corrected chi connectivity index (χ3v) is 7.64. The molecule has 0 amide bonds. The molecule has 24 heavy (non-hydrogen) atoms. The molecule has 0 bridgehead atoms. The van der Waals surface area contributed by atoms with Gasteiger partial charge in [-0.2, -0.15) is 0 Å². The van der Waals surface area contributed by atoms with Gasteiger partial charge in [-0.1, -0.05) is 35.9 Å². The fraction of sp³-hybridized carbons (Fsp3) is 0.652. The lowest BCUT2D eigenvalue weighted by atomic mass is 9.55. The van der Waals surface area contributed by atoms with Crippen LogP contribution in [0.1, 0.15) is 69.8 Å². The van der Waals surface area contributed by atoms with Gasteiger partial charge in [0.05, 0.1) is 0 Å². The van der Waals surface area contributed by atoms with Crippen LogP contribution in [0.15, 0.2) is 36.4 Å². The van der Waals surface area contributed by atoms with Crippen molar-refractivity contribution in [3.05, 3.63) is 47.0 Å². The molecule has 4 rings (SSSR count). The van der Waals surface area contributed by atoms with Gasteiger partial charge in [-0.05, 0) is 111 Å². The average Bonchev–Trinajstić information content (AvgIpc) is 2.62. The Morgan fingerprint density at radius 1 is 0.833 bits per heavy atom. The van der Waals surface area contributed by atoms with Gasteiger partial charge < -0.3 is 0 Å². The first kappa shape index (κ1) is 16.7. The van der Waals surface area contributed by atoms with Gasteiger partial charge in [-0.25, -0.2) is 0 Å². The summed E-state index contributed by atoms with van der Waals surface area (Å²) in [5, 5.41) is 0.867. The van der Waals surface area contributed by atoms with Gasteiger partial charge in [-0.15, -0.1) is 0 Å². The Bertz CT molecular complexity index is 572. The first-order valence-corrected chi connectivity index (χ1v) is 10.5. The summed E-state index contributed by atoms with van der Waals surface area (Å²) < 4.78 is 0. The number of halogens is 1. The first-order chi connectivity index (χ1) is 11.7. The lowest BCUT2D eigenvalue weighted by Gasteiger charge is -2.50. The summed E-state index contributed by atoms with van der Waals surface area (Å²) in [6.45, 7) is 2.18. The van der Waals surface area contributed by atoms with Crippen molar-refractivity contribution in [3.63, 3.8) is 0 Å². The van der Waals surface area contributed by atoms with E-state index in [1.807, 2.05) is 0 Å². The number of hydrogen-bond acceptors (Lipinski definition) is 0. The molecule has 3 saturated carbocycles. The summed E-state index contributed by atoms with van der Waals surface area (Å²) >= 11 is 6.07. The molecular formula is C23H31Cl. The van der Waals surface area contributed by atoms with Crippen LogP contribution in [-0.2, 0) is 0 Å². The minimum Gasteiger partial charge on any atom is -0.0914 e. The summed E-state index contributed by atoms with van der Waals surface area (Å²) in [5.74, 6) is 5.72. The van der Waals surface area contributed by atoms with Gasteiger partial charge in [0.1, 0.15) is 0 Å². The second kappa shape index (κ2) is 7.24. The van der Waals surface area contributed by atoms with E-state index >= 15 is 0 Å². The molecule has 1 aromatic rings. The molecule has 130 valence electrons. The van der Waals surface area contributed by atoms with E-state index in [1.165, 1.54) is 56.9 Å². The van der Waals surface area contributed by atoms with Gasteiger partial charge in [0.25, 0.3) is 0 Å².